The first-order valence-electron chi connectivity index (χ1n) is 8.32. The summed E-state index contributed by atoms with van der Waals surface area (Å²) in [5.41, 5.74) is 0.951. The second-order valence-electron chi connectivity index (χ2n) is 7.53. The molecule has 132 valence electrons. The summed E-state index contributed by atoms with van der Waals surface area (Å²) in [6, 6.07) is 6.90. The van der Waals surface area contributed by atoms with Crippen molar-refractivity contribution in [3.63, 3.8) is 0 Å². The molecule has 0 spiro atoms. The van der Waals surface area contributed by atoms with Crippen molar-refractivity contribution in [3.05, 3.63) is 35.4 Å². The maximum Gasteiger partial charge on any atom is 0.261 e. The molecule has 24 heavy (non-hydrogen) atoms. The first-order valence-corrected chi connectivity index (χ1v) is 11.2. The topological polar surface area (TPSA) is 55.8 Å². The van der Waals surface area contributed by atoms with E-state index >= 15 is 0 Å². The molecular weight excluding hydrogens is 322 g/mol. The van der Waals surface area contributed by atoms with Crippen LogP contribution in [0.15, 0.2) is 24.3 Å². The minimum Gasteiger partial charge on any atom is -0.414 e. The van der Waals surface area contributed by atoms with Gasteiger partial charge in [-0.15, -0.1) is 0 Å². The third kappa shape index (κ3) is 3.94. The fraction of sp³-hybridized carbons (Fsp3) is 0.556. The Balaban J connectivity index is 1.73. The van der Waals surface area contributed by atoms with E-state index < -0.39 is 8.32 Å². The van der Waals surface area contributed by atoms with E-state index in [1.165, 1.54) is 4.90 Å². The number of ether oxygens (including phenoxy) is 1. The van der Waals surface area contributed by atoms with Gasteiger partial charge in [0.15, 0.2) is 8.32 Å². The molecule has 0 bridgehead atoms. The van der Waals surface area contributed by atoms with Gasteiger partial charge >= 0.3 is 0 Å². The van der Waals surface area contributed by atoms with E-state index in [4.69, 9.17) is 9.16 Å². The number of hydrogen-bond donors (Lipinski definition) is 0. The molecule has 0 saturated carbocycles. The van der Waals surface area contributed by atoms with Crippen molar-refractivity contribution in [2.75, 3.05) is 26.4 Å². The number of amides is 2. The Morgan fingerprint density at radius 3 is 2.00 bits per heavy atom. The minimum absolute atomic E-state index is 0.174. The summed E-state index contributed by atoms with van der Waals surface area (Å²) < 4.78 is 11.6. The van der Waals surface area contributed by atoms with Crippen molar-refractivity contribution in [2.24, 2.45) is 0 Å². The van der Waals surface area contributed by atoms with E-state index in [9.17, 15) is 9.59 Å². The van der Waals surface area contributed by atoms with E-state index in [-0.39, 0.29) is 23.4 Å². The molecule has 0 N–H and O–H groups in total. The summed E-state index contributed by atoms with van der Waals surface area (Å²) >= 11 is 0. The molecule has 2 amide bonds. The van der Waals surface area contributed by atoms with Gasteiger partial charge < -0.3 is 9.16 Å². The van der Waals surface area contributed by atoms with Gasteiger partial charge in [-0.2, -0.15) is 0 Å². The van der Waals surface area contributed by atoms with Crippen LogP contribution in [0.25, 0.3) is 0 Å². The fourth-order valence-corrected chi connectivity index (χ4v) is 3.30. The molecule has 1 aromatic rings. The van der Waals surface area contributed by atoms with Crippen molar-refractivity contribution in [1.29, 1.82) is 0 Å². The number of fused-ring (bicyclic) bond motifs is 1. The Morgan fingerprint density at radius 1 is 0.958 bits per heavy atom. The van der Waals surface area contributed by atoms with Gasteiger partial charge in [-0.05, 0) is 30.3 Å². The summed E-state index contributed by atoms with van der Waals surface area (Å²) in [7, 11) is -1.75. The zero-order valence-corrected chi connectivity index (χ0v) is 16.2. The van der Waals surface area contributed by atoms with Crippen molar-refractivity contribution >= 4 is 20.1 Å². The molecule has 2 rings (SSSR count). The lowest BCUT2D eigenvalue weighted by atomic mass is 10.1. The molecule has 1 aliphatic rings. The van der Waals surface area contributed by atoms with Gasteiger partial charge in [0.25, 0.3) is 11.8 Å². The summed E-state index contributed by atoms with van der Waals surface area (Å²) in [5, 5.41) is 0.174. The van der Waals surface area contributed by atoms with Crippen LogP contribution < -0.4 is 0 Å². The monoisotopic (exact) mass is 349 g/mol. The third-order valence-corrected chi connectivity index (χ3v) is 9.37. The van der Waals surface area contributed by atoms with E-state index in [0.717, 1.165) is 0 Å². The molecule has 0 fully saturated rings. The average Bonchev–Trinajstić information content (AvgIpc) is 2.74. The molecule has 0 aliphatic carbocycles. The Hall–Kier alpha value is -1.50. The van der Waals surface area contributed by atoms with E-state index in [2.05, 4.69) is 33.9 Å². The van der Waals surface area contributed by atoms with E-state index in [1.807, 2.05) is 0 Å². The first kappa shape index (κ1) is 18.8. The highest BCUT2D eigenvalue weighted by molar-refractivity contribution is 6.74. The van der Waals surface area contributed by atoms with Crippen LogP contribution in [0, 0.1) is 0 Å². The fourth-order valence-electron chi connectivity index (χ4n) is 2.27. The van der Waals surface area contributed by atoms with Crippen molar-refractivity contribution < 1.29 is 18.8 Å². The lowest BCUT2D eigenvalue weighted by Crippen LogP contribution is -2.41. The Morgan fingerprint density at radius 2 is 1.50 bits per heavy atom. The van der Waals surface area contributed by atoms with Crippen LogP contribution in [-0.4, -0.2) is 51.4 Å². The Bertz CT molecular complexity index is 587. The summed E-state index contributed by atoms with van der Waals surface area (Å²) in [6.45, 7) is 12.6. The zero-order valence-electron chi connectivity index (χ0n) is 15.2. The second-order valence-corrected chi connectivity index (χ2v) is 12.3. The molecule has 0 atom stereocenters. The lowest BCUT2D eigenvalue weighted by molar-refractivity contribution is 0.0520. The van der Waals surface area contributed by atoms with Crippen LogP contribution in [0.1, 0.15) is 41.5 Å². The van der Waals surface area contributed by atoms with Crippen molar-refractivity contribution in [2.45, 2.75) is 38.9 Å². The number of benzene rings is 1. The van der Waals surface area contributed by atoms with Gasteiger partial charge in [0.05, 0.1) is 37.5 Å². The summed E-state index contributed by atoms with van der Waals surface area (Å²) in [4.78, 5) is 25.6. The Labute approximate surface area is 145 Å². The first-order chi connectivity index (χ1) is 11.1. The maximum absolute atomic E-state index is 12.2. The molecule has 6 heteroatoms. The molecule has 0 unspecified atom stereocenters. The molecule has 1 aromatic carbocycles. The standard InChI is InChI=1S/C18H27NO4Si/c1-18(2,3)24(4,5)23-13-12-22-11-10-19-16(20)14-8-6-7-9-15(14)17(19)21/h6-9H,10-13H2,1-5H3. The van der Waals surface area contributed by atoms with Crippen molar-refractivity contribution in [1.82, 2.24) is 4.90 Å². The molecule has 0 saturated heterocycles. The molecule has 1 heterocycles. The zero-order chi connectivity index (χ0) is 18.0. The van der Waals surface area contributed by atoms with Gasteiger partial charge in [0.1, 0.15) is 0 Å². The summed E-state index contributed by atoms with van der Waals surface area (Å²) in [6.07, 6.45) is 0. The highest BCUT2D eigenvalue weighted by Gasteiger charge is 2.37. The highest BCUT2D eigenvalue weighted by Crippen LogP contribution is 2.36. The number of nitrogens with zero attached hydrogens (tertiary/aromatic N) is 1. The van der Waals surface area contributed by atoms with Crippen LogP contribution in [0.4, 0.5) is 0 Å². The van der Waals surface area contributed by atoms with Crippen molar-refractivity contribution in [3.8, 4) is 0 Å². The minimum atomic E-state index is -1.75. The SMILES string of the molecule is CC(C)(C)[Si](C)(C)OCCOCCN1C(=O)c2ccccc2C1=O. The number of hydrogen-bond acceptors (Lipinski definition) is 4. The largest absolute Gasteiger partial charge is 0.414 e. The van der Waals surface area contributed by atoms with Crippen LogP contribution in [-0.2, 0) is 9.16 Å². The van der Waals surface area contributed by atoms with Gasteiger partial charge in [0.2, 0.25) is 0 Å². The second kappa shape index (κ2) is 7.17. The van der Waals surface area contributed by atoms with Crippen LogP contribution >= 0.6 is 0 Å². The van der Waals surface area contributed by atoms with Gasteiger partial charge in [0, 0.05) is 0 Å². The molecule has 0 radical (unpaired) electrons. The quantitative estimate of drug-likeness (QED) is 0.430. The predicted octanol–water partition coefficient (Wildman–Crippen LogP) is 3.32. The smallest absolute Gasteiger partial charge is 0.261 e. The number of rotatable bonds is 7. The van der Waals surface area contributed by atoms with E-state index in [0.29, 0.717) is 30.9 Å². The highest BCUT2D eigenvalue weighted by atomic mass is 28.4. The third-order valence-electron chi connectivity index (χ3n) is 4.83. The summed E-state index contributed by atoms with van der Waals surface area (Å²) in [5.74, 6) is -0.478. The number of imide groups is 1. The average molecular weight is 350 g/mol. The van der Waals surface area contributed by atoms with Gasteiger partial charge in [-0.3, -0.25) is 14.5 Å². The molecule has 0 aromatic heterocycles. The van der Waals surface area contributed by atoms with Crippen LogP contribution in [0.3, 0.4) is 0 Å². The number of carbonyl (C=O) groups excluding carboxylic acids is 2. The lowest BCUT2D eigenvalue weighted by Gasteiger charge is -2.36. The molecule has 1 aliphatic heterocycles. The van der Waals surface area contributed by atoms with Gasteiger partial charge in [-0.1, -0.05) is 32.9 Å². The van der Waals surface area contributed by atoms with Crippen LogP contribution in [0.2, 0.25) is 18.1 Å². The molecular formula is C18H27NO4Si. The maximum atomic E-state index is 12.2. The number of carbonyl (C=O) groups is 2. The Kier molecular flexibility index (Phi) is 5.62. The van der Waals surface area contributed by atoms with Gasteiger partial charge in [-0.25, -0.2) is 0 Å². The molecule has 5 nitrogen and oxygen atoms in total. The predicted molar refractivity (Wildman–Crippen MR) is 95.8 cm³/mol. The normalized spacial score (nSPS) is 15.1. The van der Waals surface area contributed by atoms with E-state index in [1.54, 1.807) is 24.3 Å². The van der Waals surface area contributed by atoms with Crippen LogP contribution in [0.5, 0.6) is 0 Å².